The Bertz CT molecular complexity index is 3070. The molecule has 0 saturated heterocycles. The van der Waals surface area contributed by atoms with Gasteiger partial charge in [0, 0.05) is 16.3 Å². The quantitative estimate of drug-likeness (QED) is 0.0708. The Kier molecular flexibility index (Phi) is 6.84. The molecule has 1 aromatic heterocycles. The molecule has 54 heavy (non-hydrogen) atoms. The summed E-state index contributed by atoms with van der Waals surface area (Å²) in [5.74, 6) is -4.33. The summed E-state index contributed by atoms with van der Waals surface area (Å²) in [5, 5.41) is 60.8. The standard InChI is InChI=1S/C48H30O6/c49-44-43(45(50)47(52)48(53)46(44)51)42-33-17-8-6-15-31(33)40(32-16-7-9-18-34(32)42)29-23-28-13-4-5-14-30(28)36(25-29)35-19-10-20-39-41(35)37-24-27(21-22-38(37)54-39)26-11-2-1-3-12-26/h1-25,49-53H. The van der Waals surface area contributed by atoms with Crippen LogP contribution in [0.15, 0.2) is 156 Å². The van der Waals surface area contributed by atoms with Crippen LogP contribution in [0.25, 0.3) is 98.8 Å². The monoisotopic (exact) mass is 702 g/mol. The molecule has 258 valence electrons. The van der Waals surface area contributed by atoms with Crippen LogP contribution in [0.4, 0.5) is 0 Å². The Balaban J connectivity index is 1.30. The van der Waals surface area contributed by atoms with Gasteiger partial charge in [-0.25, -0.2) is 0 Å². The first-order valence-corrected chi connectivity index (χ1v) is 17.6. The minimum absolute atomic E-state index is 0.186. The topological polar surface area (TPSA) is 114 Å². The van der Waals surface area contributed by atoms with Crippen molar-refractivity contribution in [1.82, 2.24) is 0 Å². The van der Waals surface area contributed by atoms with Crippen molar-refractivity contribution in [2.24, 2.45) is 0 Å². The van der Waals surface area contributed by atoms with Crippen LogP contribution in [-0.2, 0) is 0 Å². The fourth-order valence-corrected chi connectivity index (χ4v) is 8.17. The van der Waals surface area contributed by atoms with Gasteiger partial charge in [-0.3, -0.25) is 0 Å². The summed E-state index contributed by atoms with van der Waals surface area (Å²) >= 11 is 0. The van der Waals surface area contributed by atoms with Crippen molar-refractivity contribution in [1.29, 1.82) is 0 Å². The van der Waals surface area contributed by atoms with E-state index in [1.165, 1.54) is 0 Å². The van der Waals surface area contributed by atoms with E-state index in [4.69, 9.17) is 4.42 Å². The van der Waals surface area contributed by atoms with Crippen LogP contribution in [0.5, 0.6) is 28.7 Å². The summed E-state index contributed by atoms with van der Waals surface area (Å²) in [6.07, 6.45) is 0. The molecule has 6 heteroatoms. The van der Waals surface area contributed by atoms with Crippen LogP contribution in [0.3, 0.4) is 0 Å². The van der Waals surface area contributed by atoms with Crippen molar-refractivity contribution in [3.05, 3.63) is 152 Å². The van der Waals surface area contributed by atoms with Crippen LogP contribution in [-0.4, -0.2) is 25.5 Å². The minimum Gasteiger partial charge on any atom is -0.504 e. The van der Waals surface area contributed by atoms with E-state index >= 15 is 0 Å². The van der Waals surface area contributed by atoms with Gasteiger partial charge < -0.3 is 29.9 Å². The Hall–Kier alpha value is -7.44. The summed E-state index contributed by atoms with van der Waals surface area (Å²) in [6.45, 7) is 0. The molecule has 0 atom stereocenters. The summed E-state index contributed by atoms with van der Waals surface area (Å²) in [6, 6.07) is 50.9. The summed E-state index contributed by atoms with van der Waals surface area (Å²) < 4.78 is 6.45. The molecule has 10 rings (SSSR count). The second-order valence-corrected chi connectivity index (χ2v) is 13.6. The van der Waals surface area contributed by atoms with E-state index in [-0.39, 0.29) is 5.56 Å². The molecule has 0 spiro atoms. The molecule has 9 aromatic carbocycles. The van der Waals surface area contributed by atoms with Gasteiger partial charge in [0.2, 0.25) is 17.2 Å². The van der Waals surface area contributed by atoms with E-state index < -0.39 is 28.7 Å². The second-order valence-electron chi connectivity index (χ2n) is 13.6. The van der Waals surface area contributed by atoms with Crippen LogP contribution < -0.4 is 0 Å². The molecule has 0 unspecified atom stereocenters. The number of benzene rings is 9. The van der Waals surface area contributed by atoms with Gasteiger partial charge in [-0.15, -0.1) is 0 Å². The van der Waals surface area contributed by atoms with E-state index in [2.05, 4.69) is 54.6 Å². The van der Waals surface area contributed by atoms with Crippen molar-refractivity contribution in [3.8, 4) is 73.3 Å². The number of phenolic OH excluding ortho intramolecular Hbond substituents is 5. The highest BCUT2D eigenvalue weighted by atomic mass is 16.4. The number of furan rings is 1. The molecule has 1 heterocycles. The number of hydrogen-bond acceptors (Lipinski definition) is 6. The van der Waals surface area contributed by atoms with Gasteiger partial charge >= 0.3 is 0 Å². The largest absolute Gasteiger partial charge is 0.504 e. The Morgan fingerprint density at radius 3 is 1.56 bits per heavy atom. The first-order valence-electron chi connectivity index (χ1n) is 17.6. The predicted molar refractivity (Wildman–Crippen MR) is 216 cm³/mol. The van der Waals surface area contributed by atoms with Gasteiger partial charge in [0.1, 0.15) is 11.2 Å². The predicted octanol–water partition coefficient (Wildman–Crippen LogP) is 12.2. The van der Waals surface area contributed by atoms with E-state index in [0.717, 1.165) is 76.9 Å². The van der Waals surface area contributed by atoms with Crippen molar-refractivity contribution in [2.75, 3.05) is 0 Å². The van der Waals surface area contributed by atoms with Gasteiger partial charge in [-0.1, -0.05) is 121 Å². The maximum absolute atomic E-state index is 11.2. The first kappa shape index (κ1) is 31.3. The Labute approximate surface area is 308 Å². The molecular formula is C48H30O6. The zero-order valence-electron chi connectivity index (χ0n) is 28.6. The highest BCUT2D eigenvalue weighted by molar-refractivity contribution is 6.24. The maximum Gasteiger partial charge on any atom is 0.208 e. The first-order chi connectivity index (χ1) is 26.4. The highest BCUT2D eigenvalue weighted by Crippen LogP contribution is 2.58. The summed E-state index contributed by atoms with van der Waals surface area (Å²) in [5.41, 5.74) is 7.98. The Morgan fingerprint density at radius 2 is 0.889 bits per heavy atom. The van der Waals surface area contributed by atoms with E-state index in [1.54, 1.807) is 0 Å². The van der Waals surface area contributed by atoms with Crippen LogP contribution in [0.2, 0.25) is 0 Å². The van der Waals surface area contributed by atoms with E-state index in [9.17, 15) is 25.5 Å². The van der Waals surface area contributed by atoms with Gasteiger partial charge in [0.15, 0.2) is 11.5 Å². The van der Waals surface area contributed by atoms with Gasteiger partial charge in [-0.05, 0) is 96.0 Å². The van der Waals surface area contributed by atoms with Crippen molar-refractivity contribution in [2.45, 2.75) is 0 Å². The minimum atomic E-state index is -1.00. The van der Waals surface area contributed by atoms with E-state index in [1.807, 2.05) is 97.1 Å². The second kappa shape index (κ2) is 11.8. The van der Waals surface area contributed by atoms with Crippen LogP contribution in [0, 0.1) is 0 Å². The SMILES string of the molecule is Oc1c(O)c(O)c(-c2c3ccccc3c(-c3cc(-c4cccc5oc6ccc(-c7ccccc7)cc6c45)c4ccccc4c3)c3ccccc23)c(O)c1O. The zero-order chi connectivity index (χ0) is 36.7. The molecule has 0 amide bonds. The number of phenols is 5. The number of rotatable bonds is 4. The molecule has 0 bridgehead atoms. The number of hydrogen-bond donors (Lipinski definition) is 5. The smallest absolute Gasteiger partial charge is 0.208 e. The lowest BCUT2D eigenvalue weighted by atomic mass is 9.83. The molecule has 10 aromatic rings. The summed E-state index contributed by atoms with van der Waals surface area (Å²) in [7, 11) is 0. The normalized spacial score (nSPS) is 11.7. The van der Waals surface area contributed by atoms with Crippen molar-refractivity contribution in [3.63, 3.8) is 0 Å². The summed E-state index contributed by atoms with van der Waals surface area (Å²) in [4.78, 5) is 0. The van der Waals surface area contributed by atoms with Crippen molar-refractivity contribution >= 4 is 54.3 Å². The average molecular weight is 703 g/mol. The number of aromatic hydroxyl groups is 5. The fourth-order valence-electron chi connectivity index (χ4n) is 8.17. The molecule has 0 aliphatic carbocycles. The molecule has 0 aliphatic rings. The average Bonchev–Trinajstić information content (AvgIpc) is 3.60. The molecular weight excluding hydrogens is 673 g/mol. The van der Waals surface area contributed by atoms with Gasteiger partial charge in [0.25, 0.3) is 0 Å². The Morgan fingerprint density at radius 1 is 0.315 bits per heavy atom. The highest BCUT2D eigenvalue weighted by Gasteiger charge is 2.28. The molecule has 0 fully saturated rings. The zero-order valence-corrected chi connectivity index (χ0v) is 28.6. The third kappa shape index (κ3) is 4.53. The molecule has 0 radical (unpaired) electrons. The lowest BCUT2D eigenvalue weighted by Crippen LogP contribution is -1.93. The van der Waals surface area contributed by atoms with E-state index in [0.29, 0.717) is 16.3 Å². The molecule has 5 N–H and O–H groups in total. The van der Waals surface area contributed by atoms with Crippen molar-refractivity contribution < 1.29 is 29.9 Å². The maximum atomic E-state index is 11.2. The third-order valence-corrected chi connectivity index (χ3v) is 10.6. The lowest BCUT2D eigenvalue weighted by molar-refractivity contribution is 0.330. The van der Waals surface area contributed by atoms with Gasteiger partial charge in [0.05, 0.1) is 5.56 Å². The van der Waals surface area contributed by atoms with Crippen LogP contribution in [0.1, 0.15) is 0 Å². The molecule has 0 saturated carbocycles. The lowest BCUT2D eigenvalue weighted by Gasteiger charge is -2.20. The fraction of sp³-hybridized carbons (Fsp3) is 0. The molecule has 0 aliphatic heterocycles. The van der Waals surface area contributed by atoms with Gasteiger partial charge in [-0.2, -0.15) is 0 Å². The molecule has 6 nitrogen and oxygen atoms in total. The number of fused-ring (bicyclic) bond motifs is 6. The van der Waals surface area contributed by atoms with Crippen LogP contribution >= 0.6 is 0 Å². The third-order valence-electron chi connectivity index (χ3n) is 10.6.